The summed E-state index contributed by atoms with van der Waals surface area (Å²) in [7, 11) is -2.64. The van der Waals surface area contributed by atoms with Crippen LogP contribution in [-0.4, -0.2) is 34.2 Å². The number of nitrogens with one attached hydrogen (secondary N) is 1. The molecule has 4 aromatic rings. The molecular weight excluding hydrogens is 689 g/mol. The Bertz CT molecular complexity index is 1690. The van der Waals surface area contributed by atoms with Gasteiger partial charge in [-0.25, -0.2) is 13.8 Å². The van der Waals surface area contributed by atoms with Crippen molar-refractivity contribution in [2.24, 2.45) is 5.10 Å². The molecule has 0 aliphatic heterocycles. The number of hydrazone groups is 1. The van der Waals surface area contributed by atoms with E-state index in [1.54, 1.807) is 42.5 Å². The van der Waals surface area contributed by atoms with Crippen LogP contribution in [0.15, 0.2) is 99.4 Å². The van der Waals surface area contributed by atoms with Crippen LogP contribution in [0.2, 0.25) is 15.1 Å². The van der Waals surface area contributed by atoms with Crippen LogP contribution in [0, 0.1) is 0 Å². The van der Waals surface area contributed by atoms with Gasteiger partial charge in [-0.05, 0) is 81.7 Å². The summed E-state index contributed by atoms with van der Waals surface area (Å²) in [5.41, 5.74) is 3.99. The molecule has 0 aliphatic carbocycles. The maximum atomic E-state index is 13.5. The van der Waals surface area contributed by atoms with Gasteiger partial charge in [0.1, 0.15) is 13.2 Å². The first-order valence-corrected chi connectivity index (χ1v) is 15.5. The van der Waals surface area contributed by atoms with Crippen molar-refractivity contribution in [2.75, 3.05) is 18.0 Å². The van der Waals surface area contributed by atoms with Gasteiger partial charge in [-0.15, -0.1) is 0 Å². The van der Waals surface area contributed by atoms with Crippen molar-refractivity contribution in [1.82, 2.24) is 5.43 Å². The molecule has 0 atom stereocenters. The summed E-state index contributed by atoms with van der Waals surface area (Å²) in [6.45, 7) is -0.300. The van der Waals surface area contributed by atoms with Crippen LogP contribution in [0.5, 0.6) is 11.5 Å². The van der Waals surface area contributed by atoms with E-state index < -0.39 is 22.5 Å². The van der Waals surface area contributed by atoms with Crippen molar-refractivity contribution in [1.29, 1.82) is 0 Å². The fourth-order valence-corrected chi connectivity index (χ4v) is 6.39. The van der Waals surface area contributed by atoms with Crippen molar-refractivity contribution in [2.45, 2.75) is 11.5 Å². The topological polar surface area (TPSA) is 97.3 Å². The fourth-order valence-electron chi connectivity index (χ4n) is 3.75. The molecule has 0 heterocycles. The van der Waals surface area contributed by atoms with Gasteiger partial charge in [0.25, 0.3) is 15.9 Å². The monoisotopic (exact) mass is 709 g/mol. The molecule has 0 bridgehead atoms. The second-order valence-electron chi connectivity index (χ2n) is 8.69. The van der Waals surface area contributed by atoms with Gasteiger partial charge in [0, 0.05) is 15.1 Å². The molecule has 42 heavy (non-hydrogen) atoms. The number of ether oxygens (including phenoxy) is 2. The summed E-state index contributed by atoms with van der Waals surface area (Å²) in [6, 6.07) is 22.7. The van der Waals surface area contributed by atoms with Gasteiger partial charge in [-0.1, -0.05) is 65.1 Å². The van der Waals surface area contributed by atoms with E-state index in [-0.39, 0.29) is 27.2 Å². The van der Waals surface area contributed by atoms with E-state index in [9.17, 15) is 13.2 Å². The van der Waals surface area contributed by atoms with Crippen LogP contribution in [0.4, 0.5) is 5.69 Å². The Balaban J connectivity index is 1.49. The Morgan fingerprint density at radius 1 is 0.952 bits per heavy atom. The van der Waals surface area contributed by atoms with E-state index in [1.807, 2.05) is 12.1 Å². The summed E-state index contributed by atoms with van der Waals surface area (Å²) in [4.78, 5) is 12.9. The molecular formula is C29H23BrCl3N3O5S. The lowest BCUT2D eigenvalue weighted by Gasteiger charge is -2.24. The minimum Gasteiger partial charge on any atom is -0.493 e. The molecule has 13 heteroatoms. The number of rotatable bonds is 11. The molecule has 0 aliphatic rings. The zero-order valence-electron chi connectivity index (χ0n) is 21.9. The Morgan fingerprint density at radius 2 is 1.62 bits per heavy atom. The third-order valence-electron chi connectivity index (χ3n) is 5.70. The minimum absolute atomic E-state index is 0.00674. The molecule has 0 saturated heterocycles. The lowest BCUT2D eigenvalue weighted by atomic mass is 10.2. The summed E-state index contributed by atoms with van der Waals surface area (Å²) in [6.07, 6.45) is 1.39. The zero-order chi connectivity index (χ0) is 30.3. The van der Waals surface area contributed by atoms with Crippen molar-refractivity contribution in [3.63, 3.8) is 0 Å². The molecule has 4 rings (SSSR count). The van der Waals surface area contributed by atoms with E-state index in [2.05, 4.69) is 26.5 Å². The maximum absolute atomic E-state index is 13.5. The molecule has 0 radical (unpaired) electrons. The first kappa shape index (κ1) is 31.7. The normalized spacial score (nSPS) is 11.4. The zero-order valence-corrected chi connectivity index (χ0v) is 26.6. The van der Waals surface area contributed by atoms with E-state index in [0.29, 0.717) is 26.6 Å². The first-order chi connectivity index (χ1) is 20.1. The Hall–Kier alpha value is -3.28. The van der Waals surface area contributed by atoms with Crippen molar-refractivity contribution >= 4 is 78.6 Å². The number of nitrogens with zero attached hydrogens (tertiary/aromatic N) is 2. The number of hydrogen-bond acceptors (Lipinski definition) is 6. The fraction of sp³-hybridized carbons (Fsp3) is 0.103. The molecule has 0 unspecified atom stereocenters. The number of hydrogen-bond donors (Lipinski definition) is 1. The van der Waals surface area contributed by atoms with Crippen LogP contribution < -0.4 is 19.2 Å². The summed E-state index contributed by atoms with van der Waals surface area (Å²) in [5, 5.41) is 5.06. The van der Waals surface area contributed by atoms with Crippen LogP contribution in [0.25, 0.3) is 0 Å². The highest BCUT2D eigenvalue weighted by atomic mass is 79.9. The van der Waals surface area contributed by atoms with Gasteiger partial charge in [-0.3, -0.25) is 9.10 Å². The van der Waals surface area contributed by atoms with E-state index in [1.165, 1.54) is 43.7 Å². The summed E-state index contributed by atoms with van der Waals surface area (Å²) in [5.74, 6) is 0.218. The van der Waals surface area contributed by atoms with Gasteiger partial charge in [-0.2, -0.15) is 5.10 Å². The standard InChI is InChI=1S/C29H23BrCl3N3O5S/c1-40-27-12-20(11-26(30)29(27)41-18-19-7-9-21(31)10-8-19)16-34-35-28(37)17-36(24-14-22(32)13-23(33)15-24)42(38,39)25-5-3-2-4-6-25/h2-16H,17-18H2,1H3,(H,35,37)/b34-16-. The maximum Gasteiger partial charge on any atom is 0.264 e. The average molecular weight is 712 g/mol. The molecule has 0 aromatic heterocycles. The van der Waals surface area contributed by atoms with E-state index in [4.69, 9.17) is 44.3 Å². The molecule has 8 nitrogen and oxygen atoms in total. The van der Waals surface area contributed by atoms with E-state index >= 15 is 0 Å². The Labute approximate surface area is 267 Å². The predicted octanol–water partition coefficient (Wildman–Crippen LogP) is 7.34. The highest BCUT2D eigenvalue weighted by Gasteiger charge is 2.27. The van der Waals surface area contributed by atoms with E-state index in [0.717, 1.165) is 9.87 Å². The second kappa shape index (κ2) is 14.3. The molecule has 1 N–H and O–H groups in total. The number of benzene rings is 4. The number of anilines is 1. The number of carbonyl (C=O) groups excluding carboxylic acids is 1. The lowest BCUT2D eigenvalue weighted by Crippen LogP contribution is -2.39. The van der Waals surface area contributed by atoms with Gasteiger partial charge < -0.3 is 9.47 Å². The van der Waals surface area contributed by atoms with Crippen molar-refractivity contribution < 1.29 is 22.7 Å². The number of amides is 1. The first-order valence-electron chi connectivity index (χ1n) is 12.2. The molecule has 4 aromatic carbocycles. The molecule has 0 saturated carbocycles. The smallest absolute Gasteiger partial charge is 0.264 e. The van der Waals surface area contributed by atoms with Crippen LogP contribution >= 0.6 is 50.7 Å². The quantitative estimate of drug-likeness (QED) is 0.130. The lowest BCUT2D eigenvalue weighted by molar-refractivity contribution is -0.119. The molecule has 218 valence electrons. The SMILES string of the molecule is COc1cc(/C=N\NC(=O)CN(c2cc(Cl)cc(Cl)c2)S(=O)(=O)c2ccccc2)cc(Br)c1OCc1ccc(Cl)cc1. The highest BCUT2D eigenvalue weighted by molar-refractivity contribution is 9.10. The summed E-state index contributed by atoms with van der Waals surface area (Å²) >= 11 is 21.7. The highest BCUT2D eigenvalue weighted by Crippen LogP contribution is 2.37. The molecule has 0 fully saturated rings. The van der Waals surface area contributed by atoms with Crippen molar-refractivity contribution in [3.05, 3.63) is 116 Å². The number of halogens is 4. The number of carbonyl (C=O) groups is 1. The predicted molar refractivity (Wildman–Crippen MR) is 170 cm³/mol. The summed E-state index contributed by atoms with van der Waals surface area (Å²) < 4.78 is 39.9. The van der Waals surface area contributed by atoms with Gasteiger partial charge in [0.2, 0.25) is 0 Å². The molecule has 1 amide bonds. The van der Waals surface area contributed by atoms with Crippen LogP contribution in [-0.2, 0) is 21.4 Å². The number of sulfonamides is 1. The number of methoxy groups -OCH3 is 1. The average Bonchev–Trinajstić information content (AvgIpc) is 2.96. The minimum atomic E-state index is -4.15. The second-order valence-corrected chi connectivity index (χ2v) is 12.7. The third kappa shape index (κ3) is 8.17. The van der Waals surface area contributed by atoms with Crippen molar-refractivity contribution in [3.8, 4) is 11.5 Å². The Kier molecular flexibility index (Phi) is 10.7. The molecule has 0 spiro atoms. The Morgan fingerprint density at radius 3 is 2.26 bits per heavy atom. The van der Waals surface area contributed by atoms with Gasteiger partial charge >= 0.3 is 0 Å². The van der Waals surface area contributed by atoms with Gasteiger partial charge in [0.15, 0.2) is 11.5 Å². The van der Waals surface area contributed by atoms with Gasteiger partial charge in [0.05, 0.1) is 28.4 Å². The largest absolute Gasteiger partial charge is 0.493 e. The third-order valence-corrected chi connectivity index (χ3v) is 8.77. The van der Waals surface area contributed by atoms with Crippen LogP contribution in [0.1, 0.15) is 11.1 Å². The van der Waals surface area contributed by atoms with Crippen LogP contribution in [0.3, 0.4) is 0 Å².